The molecule has 0 saturated heterocycles. The Morgan fingerprint density at radius 3 is 2.50 bits per heavy atom. The van der Waals surface area contributed by atoms with Crippen molar-refractivity contribution in [2.24, 2.45) is 0 Å². The zero-order valence-corrected chi connectivity index (χ0v) is 14.1. The lowest BCUT2D eigenvalue weighted by Gasteiger charge is -2.20. The predicted octanol–water partition coefficient (Wildman–Crippen LogP) is 3.74. The molecule has 0 aliphatic heterocycles. The highest BCUT2D eigenvalue weighted by Gasteiger charge is 2.14. The van der Waals surface area contributed by atoms with Crippen molar-refractivity contribution in [2.75, 3.05) is 6.54 Å². The molecule has 1 aromatic carbocycles. The fraction of sp³-hybridized carbons (Fsp3) is 0.389. The molecular weight excluding hydrogens is 292 g/mol. The van der Waals surface area contributed by atoms with E-state index in [2.05, 4.69) is 44.3 Å². The summed E-state index contributed by atoms with van der Waals surface area (Å²) >= 11 is 1.56. The lowest BCUT2D eigenvalue weighted by atomic mass is 9.86. The average molecular weight is 314 g/mol. The van der Waals surface area contributed by atoms with Gasteiger partial charge in [-0.25, -0.2) is 0 Å². The van der Waals surface area contributed by atoms with Gasteiger partial charge in [-0.05, 0) is 22.6 Å². The molecule has 0 bridgehead atoms. The molecule has 1 atom stereocenters. The first-order valence-corrected chi connectivity index (χ1v) is 8.25. The van der Waals surface area contributed by atoms with Crippen LogP contribution in [0, 0.1) is 11.3 Å². The second kappa shape index (κ2) is 7.06. The van der Waals surface area contributed by atoms with E-state index < -0.39 is 6.10 Å². The van der Waals surface area contributed by atoms with Gasteiger partial charge in [0, 0.05) is 23.3 Å². The summed E-state index contributed by atoms with van der Waals surface area (Å²) in [6, 6.07) is 12.1. The molecule has 2 aromatic rings. The molecule has 2 N–H and O–H groups in total. The molecule has 0 fully saturated rings. The number of nitrogens with zero attached hydrogens (tertiary/aromatic N) is 1. The number of rotatable bonds is 5. The van der Waals surface area contributed by atoms with E-state index in [1.165, 1.54) is 5.56 Å². The molecule has 4 heteroatoms. The number of hydrogen-bond acceptors (Lipinski definition) is 4. The van der Waals surface area contributed by atoms with Gasteiger partial charge in [0.25, 0.3) is 0 Å². The Bertz CT molecular complexity index is 647. The highest BCUT2D eigenvalue weighted by molar-refractivity contribution is 7.10. The van der Waals surface area contributed by atoms with E-state index in [0.717, 1.165) is 10.4 Å². The predicted molar refractivity (Wildman–Crippen MR) is 90.8 cm³/mol. The summed E-state index contributed by atoms with van der Waals surface area (Å²) in [6.45, 7) is 7.70. The zero-order chi connectivity index (χ0) is 16.2. The molecule has 0 aliphatic carbocycles. The smallest absolute Gasteiger partial charge is 0.100 e. The molecule has 22 heavy (non-hydrogen) atoms. The highest BCUT2D eigenvalue weighted by atomic mass is 32.1. The van der Waals surface area contributed by atoms with Gasteiger partial charge in [-0.1, -0.05) is 45.0 Å². The quantitative estimate of drug-likeness (QED) is 0.884. The lowest BCUT2D eigenvalue weighted by Crippen LogP contribution is -2.20. The van der Waals surface area contributed by atoms with Crippen LogP contribution in [0.4, 0.5) is 0 Å². The standard InChI is InChI=1S/C18H22N2OS/c1-18(2,3)15-6-4-14(5-7-15)17(21)11-20-10-16-8-13(9-19)12-22-16/h4-8,12,17,20-21H,10-11H2,1-3H3. The fourth-order valence-corrected chi connectivity index (χ4v) is 2.97. The summed E-state index contributed by atoms with van der Waals surface area (Å²) in [4.78, 5) is 1.10. The van der Waals surface area contributed by atoms with Crippen LogP contribution in [0.25, 0.3) is 0 Å². The Morgan fingerprint density at radius 2 is 1.95 bits per heavy atom. The summed E-state index contributed by atoms with van der Waals surface area (Å²) in [5.74, 6) is 0. The minimum absolute atomic E-state index is 0.124. The largest absolute Gasteiger partial charge is 0.387 e. The Labute approximate surface area is 136 Å². The van der Waals surface area contributed by atoms with Gasteiger partial charge >= 0.3 is 0 Å². The fourth-order valence-electron chi connectivity index (χ4n) is 2.19. The molecular formula is C18H22N2OS. The molecule has 2 rings (SSSR count). The lowest BCUT2D eigenvalue weighted by molar-refractivity contribution is 0.174. The Balaban J connectivity index is 1.87. The monoisotopic (exact) mass is 314 g/mol. The van der Waals surface area contributed by atoms with Crippen molar-refractivity contribution in [3.63, 3.8) is 0 Å². The summed E-state index contributed by atoms with van der Waals surface area (Å²) in [6.07, 6.45) is -0.524. The van der Waals surface area contributed by atoms with Crippen LogP contribution in [0.15, 0.2) is 35.7 Å². The van der Waals surface area contributed by atoms with Gasteiger partial charge in [0.1, 0.15) is 6.07 Å². The third-order valence-corrected chi connectivity index (χ3v) is 4.52. The number of benzene rings is 1. The molecule has 116 valence electrons. The first-order chi connectivity index (χ1) is 10.4. The molecule has 1 heterocycles. The van der Waals surface area contributed by atoms with E-state index in [-0.39, 0.29) is 5.41 Å². The van der Waals surface area contributed by atoms with E-state index in [0.29, 0.717) is 18.7 Å². The third-order valence-electron chi connectivity index (χ3n) is 3.58. The van der Waals surface area contributed by atoms with Crippen molar-refractivity contribution >= 4 is 11.3 Å². The Morgan fingerprint density at radius 1 is 1.27 bits per heavy atom. The number of aliphatic hydroxyl groups is 1. The molecule has 3 nitrogen and oxygen atoms in total. The first-order valence-electron chi connectivity index (χ1n) is 7.37. The van der Waals surface area contributed by atoms with Crippen molar-refractivity contribution in [3.05, 3.63) is 57.3 Å². The van der Waals surface area contributed by atoms with Gasteiger partial charge in [0.15, 0.2) is 0 Å². The highest BCUT2D eigenvalue weighted by Crippen LogP contribution is 2.24. The van der Waals surface area contributed by atoms with Crippen LogP contribution >= 0.6 is 11.3 Å². The molecule has 0 radical (unpaired) electrons. The van der Waals surface area contributed by atoms with Gasteiger partial charge < -0.3 is 10.4 Å². The minimum Gasteiger partial charge on any atom is -0.387 e. The van der Waals surface area contributed by atoms with E-state index in [9.17, 15) is 5.11 Å². The maximum absolute atomic E-state index is 10.2. The molecule has 0 spiro atoms. The SMILES string of the molecule is CC(C)(C)c1ccc(C(O)CNCc2cc(C#N)cs2)cc1. The van der Waals surface area contributed by atoms with Crippen molar-refractivity contribution in [2.45, 2.75) is 38.8 Å². The molecule has 1 unspecified atom stereocenters. The van der Waals surface area contributed by atoms with E-state index in [1.54, 1.807) is 11.3 Å². The van der Waals surface area contributed by atoms with Crippen molar-refractivity contribution in [1.29, 1.82) is 5.26 Å². The number of hydrogen-bond donors (Lipinski definition) is 2. The van der Waals surface area contributed by atoms with Crippen LogP contribution < -0.4 is 5.32 Å². The first kappa shape index (κ1) is 16.7. The van der Waals surface area contributed by atoms with Crippen molar-refractivity contribution < 1.29 is 5.11 Å². The maximum atomic E-state index is 10.2. The van der Waals surface area contributed by atoms with E-state index >= 15 is 0 Å². The van der Waals surface area contributed by atoms with Crippen molar-refractivity contribution in [1.82, 2.24) is 5.32 Å². The Kier molecular flexibility index (Phi) is 5.36. The van der Waals surface area contributed by atoms with E-state index in [1.807, 2.05) is 23.6 Å². The third kappa shape index (κ3) is 4.41. The molecule has 0 saturated carbocycles. The number of thiophene rings is 1. The number of aliphatic hydroxyl groups excluding tert-OH is 1. The van der Waals surface area contributed by atoms with Gasteiger partial charge in [0.2, 0.25) is 0 Å². The van der Waals surface area contributed by atoms with E-state index in [4.69, 9.17) is 5.26 Å². The maximum Gasteiger partial charge on any atom is 0.100 e. The molecule has 0 aliphatic rings. The summed E-state index contributed by atoms with van der Waals surface area (Å²) < 4.78 is 0. The minimum atomic E-state index is -0.524. The average Bonchev–Trinajstić information content (AvgIpc) is 2.94. The van der Waals surface area contributed by atoms with Gasteiger partial charge in [-0.3, -0.25) is 0 Å². The summed E-state index contributed by atoms with van der Waals surface area (Å²) in [5.41, 5.74) is 3.00. The number of nitrogens with one attached hydrogen (secondary N) is 1. The molecule has 0 amide bonds. The summed E-state index contributed by atoms with van der Waals surface area (Å²) in [7, 11) is 0. The topological polar surface area (TPSA) is 56.0 Å². The van der Waals surface area contributed by atoms with Crippen LogP contribution in [0.5, 0.6) is 0 Å². The van der Waals surface area contributed by atoms with Gasteiger partial charge in [-0.2, -0.15) is 5.26 Å². The summed E-state index contributed by atoms with van der Waals surface area (Å²) in [5, 5.41) is 24.1. The zero-order valence-electron chi connectivity index (χ0n) is 13.3. The molecule has 1 aromatic heterocycles. The van der Waals surface area contributed by atoms with Crippen LogP contribution in [0.1, 0.15) is 48.4 Å². The second-order valence-electron chi connectivity index (χ2n) is 6.43. The van der Waals surface area contributed by atoms with Gasteiger partial charge in [-0.15, -0.1) is 11.3 Å². The normalized spacial score (nSPS) is 12.9. The Hall–Kier alpha value is -1.67. The second-order valence-corrected chi connectivity index (χ2v) is 7.43. The van der Waals surface area contributed by atoms with Crippen LogP contribution in [-0.4, -0.2) is 11.7 Å². The van der Waals surface area contributed by atoms with Crippen LogP contribution in [-0.2, 0) is 12.0 Å². The van der Waals surface area contributed by atoms with Crippen LogP contribution in [0.2, 0.25) is 0 Å². The van der Waals surface area contributed by atoms with Crippen molar-refractivity contribution in [3.8, 4) is 6.07 Å². The number of nitriles is 1. The van der Waals surface area contributed by atoms with Gasteiger partial charge in [0.05, 0.1) is 11.7 Å². The van der Waals surface area contributed by atoms with Crippen LogP contribution in [0.3, 0.4) is 0 Å².